The Kier molecular flexibility index (Phi) is 7.04. The average molecular weight is 456 g/mol. The van der Waals surface area contributed by atoms with E-state index in [0.29, 0.717) is 16.9 Å². The summed E-state index contributed by atoms with van der Waals surface area (Å²) in [5, 5.41) is 13.1. The van der Waals surface area contributed by atoms with Gasteiger partial charge in [-0.15, -0.1) is 10.2 Å². The number of rotatable bonds is 6. The zero-order chi connectivity index (χ0) is 23.4. The molecule has 0 unspecified atom stereocenters. The summed E-state index contributed by atoms with van der Waals surface area (Å²) in [7, 11) is 0. The van der Waals surface area contributed by atoms with Crippen molar-refractivity contribution in [1.82, 2.24) is 15.2 Å². The summed E-state index contributed by atoms with van der Waals surface area (Å²) in [6.07, 6.45) is 0. The maximum Gasteiger partial charge on any atom is 0.278 e. The third-order valence-electron chi connectivity index (χ3n) is 4.48. The first-order valence-electron chi connectivity index (χ1n) is 9.73. The third-order valence-corrected chi connectivity index (χ3v) is 5.46. The van der Waals surface area contributed by atoms with Crippen LogP contribution in [0.3, 0.4) is 0 Å². The zero-order valence-electron chi connectivity index (χ0n) is 17.9. The van der Waals surface area contributed by atoms with Gasteiger partial charge in [-0.3, -0.25) is 19.4 Å². The minimum atomic E-state index is -0.605. The van der Waals surface area contributed by atoms with Gasteiger partial charge in [-0.2, -0.15) is 0 Å². The van der Waals surface area contributed by atoms with Gasteiger partial charge in [0, 0.05) is 18.2 Å². The van der Waals surface area contributed by atoms with E-state index in [-0.39, 0.29) is 22.7 Å². The fourth-order valence-corrected chi connectivity index (χ4v) is 3.79. The molecule has 0 radical (unpaired) electrons. The highest BCUT2D eigenvalue weighted by Gasteiger charge is 2.19. The van der Waals surface area contributed by atoms with Crippen LogP contribution in [0.5, 0.6) is 0 Å². The number of nitrogens with one attached hydrogen (secondary N) is 3. The molecular weight excluding hydrogens is 433 g/mol. The number of aromatic nitrogens is 3. The molecule has 3 N–H and O–H groups in total. The fourth-order valence-electron chi connectivity index (χ4n) is 3.05. The molecule has 1 heterocycles. The van der Waals surface area contributed by atoms with Crippen LogP contribution in [0.4, 0.5) is 15.8 Å². The van der Waals surface area contributed by atoms with Crippen LogP contribution >= 0.6 is 11.8 Å². The number of amides is 2. The van der Waals surface area contributed by atoms with Crippen LogP contribution in [0, 0.1) is 19.7 Å². The number of nitrogens with zero attached hydrogens (tertiary/aromatic N) is 2. The van der Waals surface area contributed by atoms with Crippen LogP contribution in [0.2, 0.25) is 0 Å². The van der Waals surface area contributed by atoms with Crippen molar-refractivity contribution in [2.24, 2.45) is 0 Å². The standard InChI is InChI=1S/C22H22FN5O3S/c1-11-9-12(2)18(24-14(4)29)17(10-11)19-21(31)26-22(28-27-19)32-13(3)20(30)25-16-7-5-15(23)6-8-16/h5-10,13H,1-4H3,(H,24,29)(H,25,30)(H,26,28,31)/t13-/m0/s1. The number of thioether (sulfide) groups is 1. The SMILES string of the molecule is CC(=O)Nc1c(C)cc(C)cc1-c1nnc(S[C@@H](C)C(=O)Nc2ccc(F)cc2)[nH]c1=O. The molecule has 3 rings (SSSR count). The number of carbonyl (C=O) groups excluding carboxylic acids is 2. The second-order valence-electron chi connectivity index (χ2n) is 7.25. The summed E-state index contributed by atoms with van der Waals surface area (Å²) in [5.74, 6) is -1.00. The second kappa shape index (κ2) is 9.73. The molecule has 0 aliphatic rings. The van der Waals surface area contributed by atoms with E-state index in [9.17, 15) is 18.8 Å². The number of aromatic amines is 1. The van der Waals surface area contributed by atoms with Gasteiger partial charge in [-0.1, -0.05) is 23.4 Å². The number of hydrogen-bond donors (Lipinski definition) is 3. The smallest absolute Gasteiger partial charge is 0.278 e. The topological polar surface area (TPSA) is 117 Å². The Morgan fingerprint density at radius 3 is 2.41 bits per heavy atom. The Hall–Kier alpha value is -3.53. The highest BCUT2D eigenvalue weighted by atomic mass is 32.2. The molecule has 0 aliphatic carbocycles. The van der Waals surface area contributed by atoms with Crippen molar-refractivity contribution in [2.75, 3.05) is 10.6 Å². The number of H-pyrrole nitrogens is 1. The molecule has 2 amide bonds. The Balaban J connectivity index is 1.81. The van der Waals surface area contributed by atoms with E-state index in [1.807, 2.05) is 19.9 Å². The highest BCUT2D eigenvalue weighted by molar-refractivity contribution is 8.00. The summed E-state index contributed by atoms with van der Waals surface area (Å²) in [6.45, 7) is 6.74. The molecule has 0 aliphatic heterocycles. The Labute approximate surface area is 188 Å². The van der Waals surface area contributed by atoms with E-state index >= 15 is 0 Å². The fraction of sp³-hybridized carbons (Fsp3) is 0.227. The van der Waals surface area contributed by atoms with Crippen LogP contribution in [-0.4, -0.2) is 32.2 Å². The van der Waals surface area contributed by atoms with Crippen molar-refractivity contribution in [2.45, 2.75) is 38.1 Å². The highest BCUT2D eigenvalue weighted by Crippen LogP contribution is 2.30. The Morgan fingerprint density at radius 1 is 1.09 bits per heavy atom. The van der Waals surface area contributed by atoms with Crippen LogP contribution in [-0.2, 0) is 9.59 Å². The van der Waals surface area contributed by atoms with Gasteiger partial charge in [0.05, 0.1) is 10.9 Å². The number of carbonyl (C=O) groups is 2. The van der Waals surface area contributed by atoms with Crippen molar-refractivity contribution in [1.29, 1.82) is 0 Å². The predicted molar refractivity (Wildman–Crippen MR) is 122 cm³/mol. The lowest BCUT2D eigenvalue weighted by molar-refractivity contribution is -0.115. The lowest BCUT2D eigenvalue weighted by atomic mass is 10.0. The van der Waals surface area contributed by atoms with Crippen molar-refractivity contribution in [3.8, 4) is 11.3 Å². The molecule has 1 atom stereocenters. The summed E-state index contributed by atoms with van der Waals surface area (Å²) >= 11 is 1.03. The quantitative estimate of drug-likeness (QED) is 0.489. The van der Waals surface area contributed by atoms with Gasteiger partial charge < -0.3 is 10.6 Å². The molecule has 2 aromatic carbocycles. The van der Waals surface area contributed by atoms with E-state index < -0.39 is 16.6 Å². The van der Waals surface area contributed by atoms with E-state index in [1.54, 1.807) is 13.0 Å². The first-order chi connectivity index (χ1) is 15.1. The molecule has 166 valence electrons. The Morgan fingerprint density at radius 2 is 1.78 bits per heavy atom. The normalized spacial score (nSPS) is 11.7. The van der Waals surface area contributed by atoms with Gasteiger partial charge in [0.2, 0.25) is 11.8 Å². The molecule has 1 aromatic heterocycles. The molecule has 0 spiro atoms. The number of anilines is 2. The average Bonchev–Trinajstić information content (AvgIpc) is 2.71. The first kappa shape index (κ1) is 23.1. The minimum absolute atomic E-state index is 0.0633. The molecule has 10 heteroatoms. The van der Waals surface area contributed by atoms with E-state index in [0.717, 1.165) is 22.9 Å². The van der Waals surface area contributed by atoms with E-state index in [2.05, 4.69) is 25.8 Å². The maximum absolute atomic E-state index is 13.0. The summed E-state index contributed by atoms with van der Waals surface area (Å²) in [6, 6.07) is 9.05. The summed E-state index contributed by atoms with van der Waals surface area (Å²) < 4.78 is 13.0. The van der Waals surface area contributed by atoms with Crippen LogP contribution < -0.4 is 16.2 Å². The first-order valence-corrected chi connectivity index (χ1v) is 10.6. The van der Waals surface area contributed by atoms with Crippen molar-refractivity contribution >= 4 is 35.0 Å². The third kappa shape index (κ3) is 5.58. The molecule has 8 nitrogen and oxygen atoms in total. The molecule has 0 saturated carbocycles. The van der Waals surface area contributed by atoms with Crippen LogP contribution in [0.1, 0.15) is 25.0 Å². The lowest BCUT2D eigenvalue weighted by Gasteiger charge is -2.14. The van der Waals surface area contributed by atoms with Gasteiger partial charge in [-0.25, -0.2) is 4.39 Å². The molecular formula is C22H22FN5O3S. The van der Waals surface area contributed by atoms with Gasteiger partial charge >= 0.3 is 0 Å². The monoisotopic (exact) mass is 455 g/mol. The number of aryl methyl sites for hydroxylation is 2. The maximum atomic E-state index is 13.0. The molecule has 0 fully saturated rings. The van der Waals surface area contributed by atoms with Crippen LogP contribution in [0.15, 0.2) is 46.3 Å². The largest absolute Gasteiger partial charge is 0.325 e. The molecule has 0 saturated heterocycles. The van der Waals surface area contributed by atoms with E-state index in [1.165, 1.54) is 31.2 Å². The number of halogens is 1. The summed E-state index contributed by atoms with van der Waals surface area (Å²) in [5.41, 5.74) is 2.68. The van der Waals surface area contributed by atoms with Gasteiger partial charge in [0.15, 0.2) is 10.9 Å². The van der Waals surface area contributed by atoms with E-state index in [4.69, 9.17) is 0 Å². The number of benzene rings is 2. The molecule has 0 bridgehead atoms. The second-order valence-corrected chi connectivity index (χ2v) is 8.58. The van der Waals surface area contributed by atoms with Gasteiger partial charge in [0.1, 0.15) is 5.82 Å². The zero-order valence-corrected chi connectivity index (χ0v) is 18.8. The van der Waals surface area contributed by atoms with Crippen molar-refractivity contribution in [3.63, 3.8) is 0 Å². The minimum Gasteiger partial charge on any atom is -0.325 e. The predicted octanol–water partition coefficient (Wildman–Crippen LogP) is 3.67. The van der Waals surface area contributed by atoms with Crippen LogP contribution in [0.25, 0.3) is 11.3 Å². The lowest BCUT2D eigenvalue weighted by Crippen LogP contribution is -2.23. The number of hydrogen-bond acceptors (Lipinski definition) is 6. The van der Waals surface area contributed by atoms with Crippen molar-refractivity contribution < 1.29 is 14.0 Å². The van der Waals surface area contributed by atoms with Gasteiger partial charge in [0.25, 0.3) is 5.56 Å². The molecule has 32 heavy (non-hydrogen) atoms. The summed E-state index contributed by atoms with van der Waals surface area (Å²) in [4.78, 5) is 39.4. The molecule has 3 aromatic rings. The van der Waals surface area contributed by atoms with Gasteiger partial charge in [-0.05, 0) is 56.7 Å². The van der Waals surface area contributed by atoms with Crippen molar-refractivity contribution in [3.05, 3.63) is 63.7 Å². The Bertz CT molecular complexity index is 1230.